The maximum atomic E-state index is 13.9. The summed E-state index contributed by atoms with van der Waals surface area (Å²) in [6.45, 7) is 7.81. The molecule has 43 heavy (non-hydrogen) atoms. The number of carbonyl (C=O) groups is 2. The number of nitrogens with zero attached hydrogens (tertiary/aromatic N) is 2. The number of nitrogens with one attached hydrogen (secondary N) is 1. The second kappa shape index (κ2) is 14.5. The summed E-state index contributed by atoms with van der Waals surface area (Å²) >= 11 is 0. The number of carboxylic acid groups (broad SMARTS) is 1. The Kier molecular flexibility index (Phi) is 11.3. The van der Waals surface area contributed by atoms with Gasteiger partial charge >= 0.3 is 5.97 Å². The van der Waals surface area contributed by atoms with Gasteiger partial charge in [-0.05, 0) is 104 Å². The number of carboxylic acids is 1. The number of aromatic nitrogens is 1. The largest absolute Gasteiger partial charge is 0.481 e. The van der Waals surface area contributed by atoms with Gasteiger partial charge in [0.05, 0.1) is 18.0 Å². The number of benzene rings is 2. The van der Waals surface area contributed by atoms with Crippen LogP contribution in [0.5, 0.6) is 0 Å². The molecule has 0 fully saturated rings. The summed E-state index contributed by atoms with van der Waals surface area (Å²) in [5.41, 5.74) is 2.28. The molecule has 0 aliphatic carbocycles. The highest BCUT2D eigenvalue weighted by atomic mass is 19.3. The minimum Gasteiger partial charge on any atom is -0.481 e. The molecule has 0 radical (unpaired) electrons. The first-order valence-electron chi connectivity index (χ1n) is 14.2. The van der Waals surface area contributed by atoms with Crippen LogP contribution >= 0.6 is 0 Å². The molecule has 0 spiro atoms. The lowest BCUT2D eigenvalue weighted by Crippen LogP contribution is -2.41. The van der Waals surface area contributed by atoms with Crippen molar-refractivity contribution in [3.8, 4) is 11.1 Å². The van der Waals surface area contributed by atoms with E-state index in [4.69, 9.17) is 0 Å². The van der Waals surface area contributed by atoms with Crippen molar-refractivity contribution in [2.24, 2.45) is 5.92 Å². The Hall–Kier alpha value is -3.92. The fourth-order valence-corrected chi connectivity index (χ4v) is 5.33. The molecule has 0 aliphatic heterocycles. The van der Waals surface area contributed by atoms with Crippen LogP contribution in [0.1, 0.15) is 73.0 Å². The van der Waals surface area contributed by atoms with Gasteiger partial charge in [0.25, 0.3) is 12.0 Å². The van der Waals surface area contributed by atoms with Crippen molar-refractivity contribution in [3.63, 3.8) is 0 Å². The van der Waals surface area contributed by atoms with Gasteiger partial charge in [0.1, 0.15) is 11.9 Å². The molecular formula is C33H40F3N3O4. The lowest BCUT2D eigenvalue weighted by molar-refractivity contribution is -0.138. The van der Waals surface area contributed by atoms with Crippen LogP contribution < -0.4 is 10.9 Å². The van der Waals surface area contributed by atoms with Crippen molar-refractivity contribution in [3.05, 3.63) is 92.6 Å². The Morgan fingerprint density at radius 1 is 1.05 bits per heavy atom. The Labute approximate surface area is 250 Å². The molecule has 3 aromatic rings. The van der Waals surface area contributed by atoms with Crippen LogP contribution in [0.15, 0.2) is 53.5 Å². The molecule has 0 saturated heterocycles. The number of aryl methyl sites for hydroxylation is 2. The molecule has 0 saturated carbocycles. The van der Waals surface area contributed by atoms with Crippen LogP contribution in [0, 0.1) is 25.6 Å². The van der Waals surface area contributed by atoms with Gasteiger partial charge in [-0.25, -0.2) is 13.2 Å². The Bertz CT molecular complexity index is 1490. The van der Waals surface area contributed by atoms with Crippen LogP contribution in [0.3, 0.4) is 0 Å². The van der Waals surface area contributed by atoms with Gasteiger partial charge in [-0.2, -0.15) is 0 Å². The normalized spacial score (nSPS) is 13.0. The maximum absolute atomic E-state index is 13.9. The number of amides is 1. The first-order chi connectivity index (χ1) is 20.2. The summed E-state index contributed by atoms with van der Waals surface area (Å²) < 4.78 is 42.9. The average molecular weight is 600 g/mol. The highest BCUT2D eigenvalue weighted by Crippen LogP contribution is 2.31. The summed E-state index contributed by atoms with van der Waals surface area (Å²) in [6.07, 6.45) is -1.47. The molecular weight excluding hydrogens is 559 g/mol. The van der Waals surface area contributed by atoms with E-state index in [-0.39, 0.29) is 18.2 Å². The van der Waals surface area contributed by atoms with E-state index in [1.807, 2.05) is 38.9 Å². The standard InChI is InChI=1S/C33H40F3N3O4/c1-19(2)12-28(39-18-22(10-11-38(5)6)15-26(31(35)36)33(39)43)32(42)37-27(17-29(40)41)23-8-7-9-24(16-23)30-20(3)13-25(34)14-21(30)4/h7-9,13-16,18-19,27-28,31H,10-12,17H2,1-6H3,(H,37,42)(H,40,41)/t27-,28?/m0/s1. The quantitative estimate of drug-likeness (QED) is 0.243. The minimum absolute atomic E-state index is 0.0891. The van der Waals surface area contributed by atoms with E-state index in [1.54, 1.807) is 32.0 Å². The molecule has 1 amide bonds. The molecule has 3 rings (SSSR count). The molecule has 2 atom stereocenters. The zero-order valence-corrected chi connectivity index (χ0v) is 25.5. The lowest BCUT2D eigenvalue weighted by Gasteiger charge is -2.26. The second-order valence-corrected chi connectivity index (χ2v) is 11.7. The Morgan fingerprint density at radius 3 is 2.26 bits per heavy atom. The molecule has 2 N–H and O–H groups in total. The highest BCUT2D eigenvalue weighted by Gasteiger charge is 2.29. The highest BCUT2D eigenvalue weighted by molar-refractivity contribution is 5.82. The molecule has 7 nitrogen and oxygen atoms in total. The van der Waals surface area contributed by atoms with Gasteiger partial charge in [-0.15, -0.1) is 0 Å². The molecule has 10 heteroatoms. The molecule has 0 bridgehead atoms. The average Bonchev–Trinajstić information content (AvgIpc) is 2.90. The van der Waals surface area contributed by atoms with E-state index in [0.29, 0.717) is 35.2 Å². The SMILES string of the molecule is Cc1cc(F)cc(C)c1-c1cccc([C@H](CC(=O)O)NC(=O)C(CC(C)C)n2cc(CCN(C)C)cc(C(F)F)c2=O)c1. The zero-order valence-electron chi connectivity index (χ0n) is 25.5. The van der Waals surface area contributed by atoms with Crippen molar-refractivity contribution in [2.75, 3.05) is 20.6 Å². The summed E-state index contributed by atoms with van der Waals surface area (Å²) in [4.78, 5) is 40.9. The first-order valence-corrected chi connectivity index (χ1v) is 14.2. The van der Waals surface area contributed by atoms with Gasteiger partial charge in [0, 0.05) is 12.7 Å². The van der Waals surface area contributed by atoms with Crippen LogP contribution in [0.2, 0.25) is 0 Å². The first kappa shape index (κ1) is 33.6. The number of halogens is 3. The number of rotatable bonds is 13. The van der Waals surface area contributed by atoms with Gasteiger partial charge in [0.15, 0.2) is 0 Å². The lowest BCUT2D eigenvalue weighted by atomic mass is 9.92. The molecule has 0 aliphatic rings. The predicted molar refractivity (Wildman–Crippen MR) is 161 cm³/mol. The summed E-state index contributed by atoms with van der Waals surface area (Å²) in [7, 11) is 3.69. The number of alkyl halides is 2. The van der Waals surface area contributed by atoms with Crippen molar-refractivity contribution in [1.29, 1.82) is 0 Å². The van der Waals surface area contributed by atoms with Gasteiger partial charge < -0.3 is 19.9 Å². The molecule has 1 aromatic heterocycles. The van der Waals surface area contributed by atoms with Crippen LogP contribution in [-0.2, 0) is 16.0 Å². The second-order valence-electron chi connectivity index (χ2n) is 11.7. The van der Waals surface area contributed by atoms with Crippen LogP contribution in [-0.4, -0.2) is 47.1 Å². The van der Waals surface area contributed by atoms with Crippen molar-refractivity contribution < 1.29 is 27.9 Å². The summed E-state index contributed by atoms with van der Waals surface area (Å²) in [5.74, 6) is -2.26. The number of pyridine rings is 1. The monoisotopic (exact) mass is 599 g/mol. The third-order valence-electron chi connectivity index (χ3n) is 7.31. The van der Waals surface area contributed by atoms with Gasteiger partial charge in [-0.1, -0.05) is 32.0 Å². The van der Waals surface area contributed by atoms with E-state index in [9.17, 15) is 32.7 Å². The zero-order chi connectivity index (χ0) is 32.0. The van der Waals surface area contributed by atoms with Crippen molar-refractivity contribution >= 4 is 11.9 Å². The van der Waals surface area contributed by atoms with E-state index in [1.165, 1.54) is 24.4 Å². The van der Waals surface area contributed by atoms with Gasteiger partial charge in [-0.3, -0.25) is 14.4 Å². The number of aliphatic carboxylic acids is 1. The maximum Gasteiger partial charge on any atom is 0.305 e. The topological polar surface area (TPSA) is 91.6 Å². The van der Waals surface area contributed by atoms with E-state index >= 15 is 0 Å². The smallest absolute Gasteiger partial charge is 0.305 e. The van der Waals surface area contributed by atoms with Crippen molar-refractivity contribution in [2.45, 2.75) is 65.5 Å². The van der Waals surface area contributed by atoms with Crippen LogP contribution in [0.25, 0.3) is 11.1 Å². The van der Waals surface area contributed by atoms with E-state index in [0.717, 1.165) is 15.7 Å². The predicted octanol–water partition coefficient (Wildman–Crippen LogP) is 6.23. The number of hydrogen-bond acceptors (Lipinski definition) is 4. The van der Waals surface area contributed by atoms with Crippen LogP contribution in [0.4, 0.5) is 13.2 Å². The Morgan fingerprint density at radius 2 is 1.70 bits per heavy atom. The molecule has 1 heterocycles. The van der Waals surface area contributed by atoms with Crippen molar-refractivity contribution in [1.82, 2.24) is 14.8 Å². The summed E-state index contributed by atoms with van der Waals surface area (Å²) in [6, 6.07) is 8.88. The third kappa shape index (κ3) is 8.79. The Balaban J connectivity index is 2.06. The fraction of sp³-hybridized carbons (Fsp3) is 0.424. The molecule has 232 valence electrons. The fourth-order valence-electron chi connectivity index (χ4n) is 5.33. The minimum atomic E-state index is -3.03. The summed E-state index contributed by atoms with van der Waals surface area (Å²) in [5, 5.41) is 12.5. The molecule has 1 unspecified atom stereocenters. The number of hydrogen-bond donors (Lipinski definition) is 2. The molecule has 2 aromatic carbocycles. The number of carbonyl (C=O) groups excluding carboxylic acids is 1. The van der Waals surface area contributed by atoms with Gasteiger partial charge in [0.2, 0.25) is 5.91 Å². The van der Waals surface area contributed by atoms with E-state index < -0.39 is 47.9 Å². The number of likely N-dealkylation sites (N-methyl/N-ethyl adjacent to an activating group) is 1. The van der Waals surface area contributed by atoms with E-state index in [2.05, 4.69) is 5.32 Å². The third-order valence-corrected chi connectivity index (χ3v) is 7.31.